The summed E-state index contributed by atoms with van der Waals surface area (Å²) in [4.78, 5) is 26.6. The molecular formula is C19H19N5O3. The van der Waals surface area contributed by atoms with Gasteiger partial charge in [-0.15, -0.1) is 0 Å². The molecule has 2 aromatic carbocycles. The van der Waals surface area contributed by atoms with Crippen LogP contribution in [0.3, 0.4) is 0 Å². The van der Waals surface area contributed by atoms with Gasteiger partial charge in [-0.2, -0.15) is 0 Å². The summed E-state index contributed by atoms with van der Waals surface area (Å²) in [7, 11) is 0. The first kappa shape index (κ1) is 16.0. The summed E-state index contributed by atoms with van der Waals surface area (Å²) in [5, 5.41) is 6.86. The Morgan fingerprint density at radius 3 is 2.00 bits per heavy atom. The summed E-state index contributed by atoms with van der Waals surface area (Å²) in [6.45, 7) is 1.20. The van der Waals surface area contributed by atoms with Gasteiger partial charge in [0.05, 0.1) is 46.8 Å². The molecule has 0 aromatic heterocycles. The van der Waals surface area contributed by atoms with Gasteiger partial charge in [0.1, 0.15) is 5.66 Å². The molecule has 1 aliphatic carbocycles. The molecule has 1 fully saturated rings. The predicted molar refractivity (Wildman–Crippen MR) is 103 cm³/mol. The van der Waals surface area contributed by atoms with E-state index in [2.05, 4.69) is 10.6 Å². The van der Waals surface area contributed by atoms with Crippen LogP contribution in [0.25, 0.3) is 0 Å². The standard InChI is InChI=1S/C19H19N5O3/c20-8-1-2-9(21)13-12(8)17(25)14-10(22)7-11-16(15(14)18(13)26)24-19(23-11)3-5-27-6-4-19/h1-2,7,23-24H,3-6,20-22H2. The van der Waals surface area contributed by atoms with E-state index >= 15 is 0 Å². The van der Waals surface area contributed by atoms with Crippen molar-refractivity contribution >= 4 is 40.0 Å². The van der Waals surface area contributed by atoms with Crippen LogP contribution in [-0.2, 0) is 4.74 Å². The molecule has 0 unspecified atom stereocenters. The first-order valence-electron chi connectivity index (χ1n) is 8.80. The third kappa shape index (κ3) is 2.01. The summed E-state index contributed by atoms with van der Waals surface area (Å²) in [6.07, 6.45) is 1.45. The van der Waals surface area contributed by atoms with E-state index in [0.29, 0.717) is 24.6 Å². The first-order valence-corrected chi connectivity index (χ1v) is 8.80. The lowest BCUT2D eigenvalue weighted by Gasteiger charge is -2.34. The number of nitrogens with one attached hydrogen (secondary N) is 2. The Kier molecular flexibility index (Phi) is 3.04. The molecule has 0 amide bonds. The van der Waals surface area contributed by atoms with Crippen molar-refractivity contribution in [1.29, 1.82) is 0 Å². The second-order valence-corrected chi connectivity index (χ2v) is 7.24. The van der Waals surface area contributed by atoms with Gasteiger partial charge in [-0.05, 0) is 18.2 Å². The zero-order valence-corrected chi connectivity index (χ0v) is 14.5. The monoisotopic (exact) mass is 365 g/mol. The topological polar surface area (TPSA) is 145 Å². The lowest BCUT2D eigenvalue weighted by molar-refractivity contribution is 0.0696. The van der Waals surface area contributed by atoms with E-state index in [9.17, 15) is 9.59 Å². The van der Waals surface area contributed by atoms with Crippen LogP contribution in [0.2, 0.25) is 0 Å². The summed E-state index contributed by atoms with van der Waals surface area (Å²) >= 11 is 0. The van der Waals surface area contributed by atoms with Crippen LogP contribution < -0.4 is 27.8 Å². The van der Waals surface area contributed by atoms with Gasteiger partial charge in [0.25, 0.3) is 0 Å². The lowest BCUT2D eigenvalue weighted by Crippen LogP contribution is -2.46. The summed E-state index contributed by atoms with van der Waals surface area (Å²) in [5.41, 5.74) is 20.5. The molecule has 5 rings (SSSR count). The number of nitrogen functional groups attached to an aromatic ring is 3. The molecule has 2 aliphatic heterocycles. The molecule has 0 saturated carbocycles. The highest BCUT2D eigenvalue weighted by Gasteiger charge is 2.44. The minimum absolute atomic E-state index is 0.130. The predicted octanol–water partition coefficient (Wildman–Crippen LogP) is 1.55. The van der Waals surface area contributed by atoms with E-state index in [0.717, 1.165) is 12.8 Å². The van der Waals surface area contributed by atoms with Crippen molar-refractivity contribution in [2.75, 3.05) is 41.0 Å². The van der Waals surface area contributed by atoms with Gasteiger partial charge in [-0.25, -0.2) is 0 Å². The number of hydrogen-bond acceptors (Lipinski definition) is 8. The Bertz CT molecular complexity index is 1040. The molecule has 8 nitrogen and oxygen atoms in total. The second kappa shape index (κ2) is 5.14. The molecule has 0 radical (unpaired) electrons. The van der Waals surface area contributed by atoms with Crippen molar-refractivity contribution in [2.24, 2.45) is 0 Å². The van der Waals surface area contributed by atoms with Crippen LogP contribution >= 0.6 is 0 Å². The third-order valence-corrected chi connectivity index (χ3v) is 5.62. The van der Waals surface area contributed by atoms with Crippen molar-refractivity contribution in [1.82, 2.24) is 0 Å². The maximum atomic E-state index is 13.4. The van der Waals surface area contributed by atoms with Gasteiger partial charge in [0.15, 0.2) is 11.6 Å². The molecule has 1 spiro atoms. The Balaban J connectivity index is 1.74. The van der Waals surface area contributed by atoms with Gasteiger partial charge in [0, 0.05) is 29.9 Å². The van der Waals surface area contributed by atoms with Crippen LogP contribution in [0.5, 0.6) is 0 Å². The number of fused-ring (bicyclic) bond motifs is 4. The van der Waals surface area contributed by atoms with Crippen LogP contribution in [0.15, 0.2) is 18.2 Å². The van der Waals surface area contributed by atoms with Gasteiger partial charge >= 0.3 is 0 Å². The number of hydrogen-bond donors (Lipinski definition) is 5. The highest BCUT2D eigenvalue weighted by atomic mass is 16.5. The molecule has 1 saturated heterocycles. The molecule has 2 heterocycles. The van der Waals surface area contributed by atoms with Crippen molar-refractivity contribution in [3.63, 3.8) is 0 Å². The maximum Gasteiger partial charge on any atom is 0.198 e. The third-order valence-electron chi connectivity index (χ3n) is 5.62. The smallest absolute Gasteiger partial charge is 0.198 e. The Morgan fingerprint density at radius 2 is 1.37 bits per heavy atom. The molecule has 8 heteroatoms. The van der Waals surface area contributed by atoms with Crippen LogP contribution in [-0.4, -0.2) is 30.4 Å². The van der Waals surface area contributed by atoms with Gasteiger partial charge < -0.3 is 32.6 Å². The SMILES string of the molecule is Nc1ccc(N)c2c1C(=O)c1c(N)cc3c(c1C2=O)NC1(CCOCC1)N3. The van der Waals surface area contributed by atoms with E-state index in [1.165, 1.54) is 6.07 Å². The molecule has 3 aliphatic rings. The Morgan fingerprint density at radius 1 is 0.815 bits per heavy atom. The van der Waals surface area contributed by atoms with Crippen molar-refractivity contribution in [3.05, 3.63) is 40.5 Å². The molecule has 8 N–H and O–H groups in total. The first-order chi connectivity index (χ1) is 12.9. The molecule has 27 heavy (non-hydrogen) atoms. The fourth-order valence-electron chi connectivity index (χ4n) is 4.28. The molecule has 138 valence electrons. The summed E-state index contributed by atoms with van der Waals surface area (Å²) < 4.78 is 5.45. The van der Waals surface area contributed by atoms with Crippen molar-refractivity contribution in [2.45, 2.75) is 18.5 Å². The number of carbonyl (C=O) groups is 2. The van der Waals surface area contributed by atoms with E-state index in [1.807, 2.05) is 0 Å². The van der Waals surface area contributed by atoms with Crippen LogP contribution in [0.4, 0.5) is 28.4 Å². The molecule has 0 bridgehead atoms. The van der Waals surface area contributed by atoms with E-state index in [-0.39, 0.29) is 50.9 Å². The maximum absolute atomic E-state index is 13.4. The fraction of sp³-hybridized carbons (Fsp3) is 0.263. The summed E-state index contributed by atoms with van der Waals surface area (Å²) in [6, 6.07) is 4.78. The quantitative estimate of drug-likeness (QED) is 0.377. The van der Waals surface area contributed by atoms with Crippen LogP contribution in [0.1, 0.15) is 44.7 Å². The minimum Gasteiger partial charge on any atom is -0.398 e. The Labute approximate surface area is 155 Å². The number of rotatable bonds is 0. The van der Waals surface area contributed by atoms with Crippen molar-refractivity contribution in [3.8, 4) is 0 Å². The second-order valence-electron chi connectivity index (χ2n) is 7.24. The average molecular weight is 365 g/mol. The number of ketones is 2. The number of anilines is 5. The normalized spacial score (nSPS) is 19.1. The van der Waals surface area contributed by atoms with E-state index < -0.39 is 5.66 Å². The number of ether oxygens (including phenoxy) is 1. The Hall–Kier alpha value is -3.26. The van der Waals surface area contributed by atoms with Gasteiger partial charge in [-0.1, -0.05) is 0 Å². The van der Waals surface area contributed by atoms with E-state index in [4.69, 9.17) is 21.9 Å². The number of nitrogens with two attached hydrogens (primary N) is 3. The van der Waals surface area contributed by atoms with Gasteiger partial charge in [-0.3, -0.25) is 9.59 Å². The molecule has 0 atom stereocenters. The van der Waals surface area contributed by atoms with E-state index in [1.54, 1.807) is 12.1 Å². The van der Waals surface area contributed by atoms with Gasteiger partial charge in [0.2, 0.25) is 0 Å². The number of carbonyl (C=O) groups excluding carboxylic acids is 2. The average Bonchev–Trinajstić information content (AvgIpc) is 2.98. The summed E-state index contributed by atoms with van der Waals surface area (Å²) in [5.74, 6) is -0.717. The minimum atomic E-state index is -0.410. The van der Waals surface area contributed by atoms with Crippen LogP contribution in [0, 0.1) is 0 Å². The largest absolute Gasteiger partial charge is 0.398 e. The zero-order valence-electron chi connectivity index (χ0n) is 14.5. The highest BCUT2D eigenvalue weighted by molar-refractivity contribution is 6.35. The lowest BCUT2D eigenvalue weighted by atomic mass is 9.80. The fourth-order valence-corrected chi connectivity index (χ4v) is 4.28. The molecular weight excluding hydrogens is 346 g/mol. The molecule has 2 aromatic rings. The van der Waals surface area contributed by atoms with Crippen molar-refractivity contribution < 1.29 is 14.3 Å². The highest BCUT2D eigenvalue weighted by Crippen LogP contribution is 2.48. The number of benzene rings is 2. The zero-order chi connectivity index (χ0) is 18.9.